The van der Waals surface area contributed by atoms with Crippen LogP contribution in [0, 0.1) is 0 Å². The summed E-state index contributed by atoms with van der Waals surface area (Å²) >= 11 is 0. The summed E-state index contributed by atoms with van der Waals surface area (Å²) in [5.74, 6) is 0. The molecule has 2 aliphatic carbocycles. The van der Waals surface area contributed by atoms with Crippen molar-refractivity contribution in [3.05, 3.63) is 58.0 Å². The van der Waals surface area contributed by atoms with Crippen molar-refractivity contribution in [2.75, 3.05) is 0 Å². The van der Waals surface area contributed by atoms with Gasteiger partial charge in [-0.3, -0.25) is 0 Å². The molecule has 2 aliphatic rings. The second-order valence-electron chi connectivity index (χ2n) is 6.53. The van der Waals surface area contributed by atoms with Gasteiger partial charge in [0.15, 0.2) is 0 Å². The first-order valence-electron chi connectivity index (χ1n) is 7.31. The smallest absolute Gasteiger partial charge is 0.145 e. The maximum atomic E-state index is 6.49. The number of rotatable bonds is 1. The standard InChI is InChI=1S/C18H19NSi/c1-20(2,19)18-8-7-13-10-14-9-12-5-3-4-6-15(12)16(14)11-17(13)18/h3-6,9-11H,7-8,19H2,1-2H3. The first-order chi connectivity index (χ1) is 9.54. The number of aryl methyl sites for hydroxylation is 1. The predicted octanol–water partition coefficient (Wildman–Crippen LogP) is 2.30. The lowest BCUT2D eigenvalue weighted by Crippen LogP contribution is -2.42. The minimum absolute atomic E-state index is 1.16. The Morgan fingerprint density at radius 3 is 2.60 bits per heavy atom. The Balaban J connectivity index is 2.06. The zero-order valence-electron chi connectivity index (χ0n) is 12.0. The van der Waals surface area contributed by atoms with Gasteiger partial charge in [-0.2, -0.15) is 0 Å². The average Bonchev–Trinajstić information content (AvgIpc) is 2.95. The number of hydrogen-bond donors (Lipinski definition) is 1. The molecule has 0 aromatic heterocycles. The number of hydrogen-bond acceptors (Lipinski definition) is 1. The SMILES string of the molecule is C[Si](C)(N)C1=c2cc3c(cc2CC1)=Cc1ccccc1-3. The molecule has 2 heteroatoms. The van der Waals surface area contributed by atoms with Crippen LogP contribution < -0.4 is 15.8 Å². The summed E-state index contributed by atoms with van der Waals surface area (Å²) in [5, 5.41) is 10.9. The highest BCUT2D eigenvalue weighted by atomic mass is 28.3. The summed E-state index contributed by atoms with van der Waals surface area (Å²) in [6.07, 6.45) is 4.64. The van der Waals surface area contributed by atoms with Gasteiger partial charge in [-0.15, -0.1) is 0 Å². The van der Waals surface area contributed by atoms with E-state index in [-0.39, 0.29) is 0 Å². The van der Waals surface area contributed by atoms with Crippen molar-refractivity contribution >= 4 is 19.5 Å². The Labute approximate surface area is 120 Å². The molecule has 2 aromatic rings. The Bertz CT molecular complexity index is 841. The third kappa shape index (κ3) is 1.65. The Hall–Kier alpha value is -1.64. The first-order valence-corrected chi connectivity index (χ1v) is 10.4. The van der Waals surface area contributed by atoms with Crippen LogP contribution in [0.4, 0.5) is 0 Å². The van der Waals surface area contributed by atoms with E-state index in [4.69, 9.17) is 5.40 Å². The van der Waals surface area contributed by atoms with Crippen molar-refractivity contribution in [2.24, 2.45) is 5.40 Å². The normalized spacial score (nSPS) is 15.7. The van der Waals surface area contributed by atoms with Gasteiger partial charge in [0.1, 0.15) is 8.24 Å². The van der Waals surface area contributed by atoms with Crippen LogP contribution in [0.25, 0.3) is 22.4 Å². The first kappa shape index (κ1) is 12.1. The van der Waals surface area contributed by atoms with Gasteiger partial charge in [-0.25, -0.2) is 0 Å². The van der Waals surface area contributed by atoms with Crippen LogP contribution in [0.3, 0.4) is 0 Å². The second kappa shape index (κ2) is 3.93. The number of nitrogens with two attached hydrogens (primary N) is 1. The number of benzene rings is 2. The summed E-state index contributed by atoms with van der Waals surface area (Å²) in [4.78, 5) is 0. The zero-order valence-corrected chi connectivity index (χ0v) is 13.0. The van der Waals surface area contributed by atoms with Gasteiger partial charge in [-0.05, 0) is 57.7 Å². The molecule has 0 amide bonds. The van der Waals surface area contributed by atoms with Crippen molar-refractivity contribution in [1.29, 1.82) is 0 Å². The van der Waals surface area contributed by atoms with E-state index in [1.807, 2.05) is 0 Å². The van der Waals surface area contributed by atoms with E-state index < -0.39 is 8.24 Å². The van der Waals surface area contributed by atoms with Crippen molar-refractivity contribution in [2.45, 2.75) is 25.9 Å². The molecule has 0 spiro atoms. The van der Waals surface area contributed by atoms with Crippen LogP contribution in [0.1, 0.15) is 17.5 Å². The molecule has 0 aliphatic heterocycles. The molecule has 100 valence electrons. The lowest BCUT2D eigenvalue weighted by atomic mass is 10.0. The van der Waals surface area contributed by atoms with Crippen LogP contribution >= 0.6 is 0 Å². The van der Waals surface area contributed by atoms with Gasteiger partial charge in [0.05, 0.1) is 0 Å². The van der Waals surface area contributed by atoms with Crippen molar-refractivity contribution in [1.82, 2.24) is 0 Å². The van der Waals surface area contributed by atoms with E-state index in [9.17, 15) is 0 Å². The molecule has 0 heterocycles. The van der Waals surface area contributed by atoms with Crippen LogP contribution in [-0.4, -0.2) is 8.24 Å². The van der Waals surface area contributed by atoms with E-state index in [0.717, 1.165) is 12.8 Å². The van der Waals surface area contributed by atoms with Gasteiger partial charge < -0.3 is 5.40 Å². The predicted molar refractivity (Wildman–Crippen MR) is 88.1 cm³/mol. The van der Waals surface area contributed by atoms with E-state index in [0.29, 0.717) is 0 Å². The van der Waals surface area contributed by atoms with Crippen LogP contribution in [-0.2, 0) is 6.42 Å². The highest BCUT2D eigenvalue weighted by Gasteiger charge is 2.26. The highest BCUT2D eigenvalue weighted by molar-refractivity contribution is 6.90. The number of fused-ring (bicyclic) bond motifs is 4. The van der Waals surface area contributed by atoms with E-state index in [2.05, 4.69) is 55.6 Å². The largest absolute Gasteiger partial charge is 0.348 e. The second-order valence-corrected chi connectivity index (χ2v) is 10.6. The lowest BCUT2D eigenvalue weighted by molar-refractivity contribution is 1.07. The Morgan fingerprint density at radius 2 is 1.80 bits per heavy atom. The fourth-order valence-corrected chi connectivity index (χ4v) is 5.30. The fraction of sp³-hybridized carbons (Fsp3) is 0.222. The minimum Gasteiger partial charge on any atom is -0.348 e. The van der Waals surface area contributed by atoms with Gasteiger partial charge in [0, 0.05) is 0 Å². The van der Waals surface area contributed by atoms with Gasteiger partial charge in [0.2, 0.25) is 0 Å². The maximum Gasteiger partial charge on any atom is 0.145 e. The average molecular weight is 277 g/mol. The van der Waals surface area contributed by atoms with Gasteiger partial charge in [0.25, 0.3) is 0 Å². The molecule has 2 N–H and O–H groups in total. The third-order valence-corrected chi connectivity index (χ3v) is 6.66. The molecule has 0 atom stereocenters. The molecule has 0 radical (unpaired) electrons. The summed E-state index contributed by atoms with van der Waals surface area (Å²) in [5.41, 5.74) is 5.59. The van der Waals surface area contributed by atoms with E-state index >= 15 is 0 Å². The molecule has 0 unspecified atom stereocenters. The molecule has 1 nitrogen and oxygen atoms in total. The minimum atomic E-state index is -1.69. The summed E-state index contributed by atoms with van der Waals surface area (Å²) in [6.45, 7) is 4.51. The highest BCUT2D eigenvalue weighted by Crippen LogP contribution is 2.28. The molecule has 4 rings (SSSR count). The Kier molecular flexibility index (Phi) is 2.38. The molecule has 0 bridgehead atoms. The summed E-state index contributed by atoms with van der Waals surface area (Å²) in [6, 6.07) is 13.5. The van der Waals surface area contributed by atoms with E-state index in [1.165, 1.54) is 32.7 Å². The van der Waals surface area contributed by atoms with Crippen LogP contribution in [0.5, 0.6) is 0 Å². The molecular formula is C18H19NSi. The van der Waals surface area contributed by atoms with Crippen LogP contribution in [0.15, 0.2) is 36.4 Å². The van der Waals surface area contributed by atoms with Crippen molar-refractivity contribution in [3.63, 3.8) is 0 Å². The van der Waals surface area contributed by atoms with Crippen LogP contribution in [0.2, 0.25) is 13.1 Å². The fourth-order valence-electron chi connectivity index (χ4n) is 3.60. The lowest BCUT2D eigenvalue weighted by Gasteiger charge is -2.17. The third-order valence-electron chi connectivity index (χ3n) is 4.58. The van der Waals surface area contributed by atoms with Gasteiger partial charge in [-0.1, -0.05) is 48.6 Å². The molecule has 2 aromatic carbocycles. The molecule has 0 saturated heterocycles. The molecular weight excluding hydrogens is 258 g/mol. The quantitative estimate of drug-likeness (QED) is 0.679. The maximum absolute atomic E-state index is 6.49. The van der Waals surface area contributed by atoms with Gasteiger partial charge >= 0.3 is 0 Å². The monoisotopic (exact) mass is 277 g/mol. The zero-order chi connectivity index (χ0) is 13.9. The molecule has 20 heavy (non-hydrogen) atoms. The van der Waals surface area contributed by atoms with E-state index in [1.54, 1.807) is 5.20 Å². The molecule has 0 saturated carbocycles. The topological polar surface area (TPSA) is 26.0 Å². The molecule has 0 fully saturated rings. The Morgan fingerprint density at radius 1 is 1.00 bits per heavy atom. The van der Waals surface area contributed by atoms with Crippen molar-refractivity contribution < 1.29 is 0 Å². The van der Waals surface area contributed by atoms with Crippen molar-refractivity contribution in [3.8, 4) is 11.1 Å². The summed E-state index contributed by atoms with van der Waals surface area (Å²) < 4.78 is 0. The summed E-state index contributed by atoms with van der Waals surface area (Å²) in [7, 11) is -1.69.